The molecule has 88 valence electrons. The zero-order valence-corrected chi connectivity index (χ0v) is 9.87. The number of piperidine rings is 1. The molecular weight excluding hydrogens is 188 g/mol. The van der Waals surface area contributed by atoms with Gasteiger partial charge in [0.15, 0.2) is 0 Å². The fourth-order valence-electron chi connectivity index (χ4n) is 2.80. The van der Waals surface area contributed by atoms with E-state index >= 15 is 0 Å². The second-order valence-corrected chi connectivity index (χ2v) is 4.99. The van der Waals surface area contributed by atoms with Gasteiger partial charge in [0.2, 0.25) is 0 Å². The zero-order valence-electron chi connectivity index (χ0n) is 9.87. The second kappa shape index (κ2) is 5.83. The third-order valence-electron chi connectivity index (χ3n) is 3.75. The Morgan fingerprint density at radius 2 is 2.07 bits per heavy atom. The molecule has 3 nitrogen and oxygen atoms in total. The molecule has 2 aliphatic heterocycles. The summed E-state index contributed by atoms with van der Waals surface area (Å²) >= 11 is 0. The highest BCUT2D eigenvalue weighted by Gasteiger charge is 2.22. The quantitative estimate of drug-likeness (QED) is 0.755. The molecule has 2 fully saturated rings. The Hall–Kier alpha value is -0.120. The Morgan fingerprint density at radius 3 is 2.67 bits per heavy atom. The molecule has 0 spiro atoms. The lowest BCUT2D eigenvalue weighted by molar-refractivity contribution is 0.0962. The highest BCUT2D eigenvalue weighted by molar-refractivity contribution is 4.80. The van der Waals surface area contributed by atoms with Crippen LogP contribution in [-0.4, -0.2) is 50.8 Å². The molecule has 1 atom stereocenters. The summed E-state index contributed by atoms with van der Waals surface area (Å²) in [6.45, 7) is 5.98. The van der Waals surface area contributed by atoms with Crippen LogP contribution in [0.4, 0.5) is 0 Å². The summed E-state index contributed by atoms with van der Waals surface area (Å²) in [6.07, 6.45) is 5.38. The SMILES string of the molecule is COCC1CCN(C[C@@H]2CCCN2)CC1. The van der Waals surface area contributed by atoms with Crippen LogP contribution in [0.5, 0.6) is 0 Å². The average Bonchev–Trinajstić information content (AvgIpc) is 2.74. The van der Waals surface area contributed by atoms with Crippen LogP contribution in [0.1, 0.15) is 25.7 Å². The minimum Gasteiger partial charge on any atom is -0.384 e. The lowest BCUT2D eigenvalue weighted by Gasteiger charge is -2.33. The molecular formula is C12H24N2O. The van der Waals surface area contributed by atoms with Gasteiger partial charge in [0.1, 0.15) is 0 Å². The van der Waals surface area contributed by atoms with Crippen LogP contribution >= 0.6 is 0 Å². The average molecular weight is 212 g/mol. The van der Waals surface area contributed by atoms with E-state index in [1.807, 2.05) is 7.11 Å². The van der Waals surface area contributed by atoms with E-state index in [1.54, 1.807) is 0 Å². The maximum absolute atomic E-state index is 5.22. The van der Waals surface area contributed by atoms with E-state index in [-0.39, 0.29) is 0 Å². The van der Waals surface area contributed by atoms with Crippen molar-refractivity contribution >= 4 is 0 Å². The number of ether oxygens (including phenoxy) is 1. The molecule has 2 rings (SSSR count). The molecule has 2 heterocycles. The van der Waals surface area contributed by atoms with Gasteiger partial charge >= 0.3 is 0 Å². The van der Waals surface area contributed by atoms with Crippen molar-refractivity contribution in [3.05, 3.63) is 0 Å². The molecule has 0 radical (unpaired) electrons. The predicted molar refractivity (Wildman–Crippen MR) is 62.1 cm³/mol. The molecule has 1 N–H and O–H groups in total. The summed E-state index contributed by atoms with van der Waals surface area (Å²) in [6, 6.07) is 0.768. The lowest BCUT2D eigenvalue weighted by Crippen LogP contribution is -2.42. The molecule has 0 bridgehead atoms. The largest absolute Gasteiger partial charge is 0.384 e. The van der Waals surface area contributed by atoms with Crippen LogP contribution in [0.15, 0.2) is 0 Å². The number of nitrogens with one attached hydrogen (secondary N) is 1. The summed E-state index contributed by atoms with van der Waals surface area (Å²) in [7, 11) is 1.81. The first-order valence-corrected chi connectivity index (χ1v) is 6.33. The van der Waals surface area contributed by atoms with E-state index in [0.29, 0.717) is 0 Å². The fraction of sp³-hybridized carbons (Fsp3) is 1.00. The van der Waals surface area contributed by atoms with Gasteiger partial charge in [-0.25, -0.2) is 0 Å². The first-order chi connectivity index (χ1) is 7.38. The van der Waals surface area contributed by atoms with E-state index in [0.717, 1.165) is 18.6 Å². The normalized spacial score (nSPS) is 29.8. The van der Waals surface area contributed by atoms with Gasteiger partial charge in [-0.2, -0.15) is 0 Å². The minimum absolute atomic E-state index is 0.768. The number of likely N-dealkylation sites (tertiary alicyclic amines) is 1. The summed E-state index contributed by atoms with van der Waals surface area (Å²) in [5, 5.41) is 3.57. The van der Waals surface area contributed by atoms with E-state index in [9.17, 15) is 0 Å². The van der Waals surface area contributed by atoms with Gasteiger partial charge < -0.3 is 15.0 Å². The Morgan fingerprint density at radius 1 is 1.27 bits per heavy atom. The maximum atomic E-state index is 5.22. The van der Waals surface area contributed by atoms with Gasteiger partial charge in [-0.05, 0) is 51.2 Å². The minimum atomic E-state index is 0.768. The van der Waals surface area contributed by atoms with Crippen molar-refractivity contribution in [3.8, 4) is 0 Å². The molecule has 0 aromatic carbocycles. The van der Waals surface area contributed by atoms with Gasteiger partial charge in [-0.15, -0.1) is 0 Å². The van der Waals surface area contributed by atoms with Crippen molar-refractivity contribution in [3.63, 3.8) is 0 Å². The zero-order chi connectivity index (χ0) is 10.5. The number of rotatable bonds is 4. The van der Waals surface area contributed by atoms with Gasteiger partial charge in [0.05, 0.1) is 0 Å². The van der Waals surface area contributed by atoms with E-state index in [1.165, 1.54) is 51.9 Å². The third-order valence-corrected chi connectivity index (χ3v) is 3.75. The van der Waals surface area contributed by atoms with Crippen molar-refractivity contribution in [1.29, 1.82) is 0 Å². The van der Waals surface area contributed by atoms with E-state index < -0.39 is 0 Å². The van der Waals surface area contributed by atoms with Crippen LogP contribution in [0.25, 0.3) is 0 Å². The number of hydrogen-bond acceptors (Lipinski definition) is 3. The number of methoxy groups -OCH3 is 1. The molecule has 0 aromatic heterocycles. The second-order valence-electron chi connectivity index (χ2n) is 4.99. The Labute approximate surface area is 93.2 Å². The highest BCUT2D eigenvalue weighted by atomic mass is 16.5. The predicted octanol–water partition coefficient (Wildman–Crippen LogP) is 1.10. The van der Waals surface area contributed by atoms with E-state index in [2.05, 4.69) is 10.2 Å². The van der Waals surface area contributed by atoms with Crippen LogP contribution in [0.3, 0.4) is 0 Å². The molecule has 0 amide bonds. The van der Waals surface area contributed by atoms with Gasteiger partial charge in [0, 0.05) is 26.3 Å². The van der Waals surface area contributed by atoms with Gasteiger partial charge in [-0.3, -0.25) is 0 Å². The van der Waals surface area contributed by atoms with Crippen molar-refractivity contribution in [2.45, 2.75) is 31.7 Å². The van der Waals surface area contributed by atoms with Crippen LogP contribution in [0.2, 0.25) is 0 Å². The maximum Gasteiger partial charge on any atom is 0.0491 e. The van der Waals surface area contributed by atoms with E-state index in [4.69, 9.17) is 4.74 Å². The molecule has 0 aromatic rings. The van der Waals surface area contributed by atoms with Crippen molar-refractivity contribution in [1.82, 2.24) is 10.2 Å². The standard InChI is InChI=1S/C12H24N2O/c1-15-10-11-4-7-14(8-5-11)9-12-3-2-6-13-12/h11-13H,2-10H2,1H3/t12-/m0/s1. The summed E-state index contributed by atoms with van der Waals surface area (Å²) < 4.78 is 5.22. The van der Waals surface area contributed by atoms with Crippen molar-refractivity contribution < 1.29 is 4.74 Å². The molecule has 0 aliphatic carbocycles. The Kier molecular flexibility index (Phi) is 4.42. The number of hydrogen-bond donors (Lipinski definition) is 1. The van der Waals surface area contributed by atoms with Gasteiger partial charge in [-0.1, -0.05) is 0 Å². The number of nitrogens with zero attached hydrogens (tertiary/aromatic N) is 1. The molecule has 2 aliphatic rings. The molecule has 15 heavy (non-hydrogen) atoms. The smallest absolute Gasteiger partial charge is 0.0491 e. The van der Waals surface area contributed by atoms with Crippen LogP contribution in [-0.2, 0) is 4.74 Å². The molecule has 3 heteroatoms. The van der Waals surface area contributed by atoms with Crippen LogP contribution in [0, 0.1) is 5.92 Å². The van der Waals surface area contributed by atoms with Crippen molar-refractivity contribution in [2.24, 2.45) is 5.92 Å². The Balaban J connectivity index is 1.64. The molecule has 0 saturated carbocycles. The third kappa shape index (κ3) is 3.44. The lowest BCUT2D eigenvalue weighted by atomic mass is 9.97. The fourth-order valence-corrected chi connectivity index (χ4v) is 2.80. The summed E-state index contributed by atoms with van der Waals surface area (Å²) in [4.78, 5) is 2.62. The van der Waals surface area contributed by atoms with Crippen LogP contribution < -0.4 is 5.32 Å². The van der Waals surface area contributed by atoms with Gasteiger partial charge in [0.25, 0.3) is 0 Å². The van der Waals surface area contributed by atoms with Crippen molar-refractivity contribution in [2.75, 3.05) is 39.9 Å². The molecule has 0 unspecified atom stereocenters. The monoisotopic (exact) mass is 212 g/mol. The topological polar surface area (TPSA) is 24.5 Å². The highest BCUT2D eigenvalue weighted by Crippen LogP contribution is 2.18. The summed E-state index contributed by atoms with van der Waals surface area (Å²) in [5.74, 6) is 0.808. The Bertz CT molecular complexity index is 172. The first kappa shape index (κ1) is 11.4. The molecule has 2 saturated heterocycles. The first-order valence-electron chi connectivity index (χ1n) is 6.33. The summed E-state index contributed by atoms with van der Waals surface area (Å²) in [5.41, 5.74) is 0.